The van der Waals surface area contributed by atoms with Crippen molar-refractivity contribution < 1.29 is 0 Å². The van der Waals surface area contributed by atoms with E-state index in [4.69, 9.17) is 5.26 Å². The number of aryl methyl sites for hydroxylation is 2. The summed E-state index contributed by atoms with van der Waals surface area (Å²) >= 11 is 1.73. The van der Waals surface area contributed by atoms with E-state index in [1.165, 1.54) is 15.8 Å². The number of thiophene rings is 1. The van der Waals surface area contributed by atoms with Gasteiger partial charge in [0.05, 0.1) is 18.0 Å². The topological polar surface area (TPSA) is 56.1 Å². The number of piperazine rings is 1. The van der Waals surface area contributed by atoms with Crippen LogP contribution in [0.1, 0.15) is 10.4 Å². The maximum Gasteiger partial charge on any atom is 0.141 e. The van der Waals surface area contributed by atoms with Crippen molar-refractivity contribution in [1.82, 2.24) is 14.9 Å². The average Bonchev–Trinajstić information content (AvgIpc) is 2.76. The SMILES string of the molecule is Cc1sc2ncnc(N3CCN(CC#N)CC3)c2c1C. The number of rotatable bonds is 2. The van der Waals surface area contributed by atoms with E-state index in [0.717, 1.165) is 36.8 Å². The van der Waals surface area contributed by atoms with E-state index in [0.29, 0.717) is 6.54 Å². The minimum Gasteiger partial charge on any atom is -0.353 e. The average molecular weight is 287 g/mol. The Labute approximate surface area is 122 Å². The van der Waals surface area contributed by atoms with Gasteiger partial charge in [0.2, 0.25) is 0 Å². The number of aromatic nitrogens is 2. The molecule has 0 saturated carbocycles. The molecule has 3 heterocycles. The Morgan fingerprint density at radius 1 is 1.25 bits per heavy atom. The third-order valence-corrected chi connectivity index (χ3v) is 5.03. The summed E-state index contributed by atoms with van der Waals surface area (Å²) in [6, 6.07) is 2.22. The van der Waals surface area contributed by atoms with Crippen molar-refractivity contribution in [2.24, 2.45) is 0 Å². The van der Waals surface area contributed by atoms with Gasteiger partial charge in [-0.25, -0.2) is 9.97 Å². The molecule has 1 saturated heterocycles. The predicted octanol–water partition coefficient (Wildman–Crippen LogP) is 1.95. The smallest absolute Gasteiger partial charge is 0.141 e. The van der Waals surface area contributed by atoms with Gasteiger partial charge in [0, 0.05) is 31.1 Å². The fourth-order valence-electron chi connectivity index (χ4n) is 2.62. The van der Waals surface area contributed by atoms with Crippen LogP contribution in [0, 0.1) is 25.2 Å². The van der Waals surface area contributed by atoms with Crippen LogP contribution in [-0.4, -0.2) is 47.6 Å². The molecule has 0 aliphatic carbocycles. The lowest BCUT2D eigenvalue weighted by Crippen LogP contribution is -2.46. The first-order valence-electron chi connectivity index (χ1n) is 6.75. The second-order valence-electron chi connectivity index (χ2n) is 5.08. The first-order valence-corrected chi connectivity index (χ1v) is 7.57. The molecule has 3 rings (SSSR count). The Kier molecular flexibility index (Phi) is 3.55. The van der Waals surface area contributed by atoms with Crippen molar-refractivity contribution in [3.63, 3.8) is 0 Å². The highest BCUT2D eigenvalue weighted by Gasteiger charge is 2.21. The zero-order valence-electron chi connectivity index (χ0n) is 11.8. The number of hydrogen-bond donors (Lipinski definition) is 0. The maximum absolute atomic E-state index is 8.76. The summed E-state index contributed by atoms with van der Waals surface area (Å²) in [6.45, 7) is 8.47. The van der Waals surface area contributed by atoms with Gasteiger partial charge in [-0.3, -0.25) is 4.90 Å². The maximum atomic E-state index is 8.76. The van der Waals surface area contributed by atoms with Crippen LogP contribution in [0.15, 0.2) is 6.33 Å². The quantitative estimate of drug-likeness (QED) is 0.790. The van der Waals surface area contributed by atoms with Crippen LogP contribution < -0.4 is 4.90 Å². The van der Waals surface area contributed by atoms with Crippen molar-refractivity contribution in [1.29, 1.82) is 5.26 Å². The van der Waals surface area contributed by atoms with Crippen molar-refractivity contribution in [2.45, 2.75) is 13.8 Å². The molecule has 0 spiro atoms. The second-order valence-corrected chi connectivity index (χ2v) is 6.29. The van der Waals surface area contributed by atoms with E-state index in [9.17, 15) is 0 Å². The molecule has 5 nitrogen and oxygen atoms in total. The molecule has 0 aromatic carbocycles. The molecule has 2 aromatic heterocycles. The molecule has 0 radical (unpaired) electrons. The first kappa shape index (κ1) is 13.3. The Balaban J connectivity index is 1.90. The van der Waals surface area contributed by atoms with E-state index in [1.807, 2.05) is 0 Å². The lowest BCUT2D eigenvalue weighted by atomic mass is 10.2. The Morgan fingerprint density at radius 3 is 2.70 bits per heavy atom. The van der Waals surface area contributed by atoms with Crippen molar-refractivity contribution in [2.75, 3.05) is 37.6 Å². The van der Waals surface area contributed by atoms with Crippen molar-refractivity contribution >= 4 is 27.4 Å². The van der Waals surface area contributed by atoms with Gasteiger partial charge in [-0.05, 0) is 19.4 Å². The first-order chi connectivity index (χ1) is 9.70. The third kappa shape index (κ3) is 2.23. The van der Waals surface area contributed by atoms with Crippen LogP contribution in [0.25, 0.3) is 10.2 Å². The molecule has 1 aliphatic heterocycles. The van der Waals surface area contributed by atoms with Gasteiger partial charge in [0.25, 0.3) is 0 Å². The monoisotopic (exact) mass is 287 g/mol. The normalized spacial score (nSPS) is 16.6. The fraction of sp³-hybridized carbons (Fsp3) is 0.500. The molecule has 0 atom stereocenters. The molecule has 20 heavy (non-hydrogen) atoms. The minimum absolute atomic E-state index is 0.517. The summed E-state index contributed by atoms with van der Waals surface area (Å²) < 4.78 is 0. The third-order valence-electron chi connectivity index (χ3n) is 3.91. The van der Waals surface area contributed by atoms with Crippen LogP contribution in [0.5, 0.6) is 0 Å². The fourth-order valence-corrected chi connectivity index (χ4v) is 3.61. The molecular formula is C14H17N5S. The second kappa shape index (κ2) is 5.35. The zero-order chi connectivity index (χ0) is 14.1. The Morgan fingerprint density at radius 2 is 2.00 bits per heavy atom. The molecular weight excluding hydrogens is 270 g/mol. The Bertz CT molecular complexity index is 664. The number of fused-ring (bicyclic) bond motifs is 1. The molecule has 0 N–H and O–H groups in total. The van der Waals surface area contributed by atoms with Crippen LogP contribution in [0.3, 0.4) is 0 Å². The van der Waals surface area contributed by atoms with Gasteiger partial charge in [-0.15, -0.1) is 11.3 Å². The number of nitriles is 1. The lowest BCUT2D eigenvalue weighted by Gasteiger charge is -2.34. The van der Waals surface area contributed by atoms with E-state index in [1.54, 1.807) is 17.7 Å². The number of nitrogens with zero attached hydrogens (tertiary/aromatic N) is 5. The van der Waals surface area contributed by atoms with Crippen LogP contribution in [0.4, 0.5) is 5.82 Å². The summed E-state index contributed by atoms with van der Waals surface area (Å²) in [5, 5.41) is 9.96. The summed E-state index contributed by atoms with van der Waals surface area (Å²) in [5.41, 5.74) is 1.29. The highest BCUT2D eigenvalue weighted by molar-refractivity contribution is 7.18. The molecule has 1 aliphatic rings. The summed E-state index contributed by atoms with van der Waals surface area (Å²) in [6.07, 6.45) is 1.66. The van der Waals surface area contributed by atoms with Gasteiger partial charge >= 0.3 is 0 Å². The van der Waals surface area contributed by atoms with Gasteiger partial charge in [-0.2, -0.15) is 5.26 Å². The predicted molar refractivity (Wildman–Crippen MR) is 81.2 cm³/mol. The Hall–Kier alpha value is -1.71. The summed E-state index contributed by atoms with van der Waals surface area (Å²) in [7, 11) is 0. The van der Waals surface area contributed by atoms with Gasteiger partial charge in [0.1, 0.15) is 17.0 Å². The summed E-state index contributed by atoms with van der Waals surface area (Å²) in [5.74, 6) is 1.05. The van der Waals surface area contributed by atoms with E-state index in [2.05, 4.69) is 39.7 Å². The molecule has 1 fully saturated rings. The van der Waals surface area contributed by atoms with Crippen LogP contribution in [-0.2, 0) is 0 Å². The molecule has 2 aromatic rings. The van der Waals surface area contributed by atoms with Gasteiger partial charge in [-0.1, -0.05) is 0 Å². The molecule has 0 amide bonds. The lowest BCUT2D eigenvalue weighted by molar-refractivity contribution is 0.286. The van der Waals surface area contributed by atoms with Crippen LogP contribution in [0.2, 0.25) is 0 Å². The molecule has 104 valence electrons. The molecule has 0 bridgehead atoms. The van der Waals surface area contributed by atoms with Gasteiger partial charge in [0.15, 0.2) is 0 Å². The molecule has 0 unspecified atom stereocenters. The molecule has 6 heteroatoms. The van der Waals surface area contributed by atoms with Crippen molar-refractivity contribution in [3.8, 4) is 6.07 Å². The van der Waals surface area contributed by atoms with Crippen LogP contribution >= 0.6 is 11.3 Å². The zero-order valence-corrected chi connectivity index (χ0v) is 12.6. The highest BCUT2D eigenvalue weighted by atomic mass is 32.1. The van der Waals surface area contributed by atoms with Gasteiger partial charge < -0.3 is 4.90 Å². The van der Waals surface area contributed by atoms with E-state index >= 15 is 0 Å². The summed E-state index contributed by atoms with van der Waals surface area (Å²) in [4.78, 5) is 15.8. The highest BCUT2D eigenvalue weighted by Crippen LogP contribution is 2.34. The number of anilines is 1. The van der Waals surface area contributed by atoms with E-state index < -0.39 is 0 Å². The largest absolute Gasteiger partial charge is 0.353 e. The van der Waals surface area contributed by atoms with E-state index in [-0.39, 0.29) is 0 Å². The number of hydrogen-bond acceptors (Lipinski definition) is 6. The standard InChI is InChI=1S/C14H17N5S/c1-10-11(2)20-14-12(10)13(16-9-17-14)19-7-5-18(4-3-15)6-8-19/h9H,4-8H2,1-2H3. The minimum atomic E-state index is 0.517. The van der Waals surface area contributed by atoms with Crippen molar-refractivity contribution in [3.05, 3.63) is 16.8 Å².